The number of hydrogen-bond donors (Lipinski definition) is 1. The van der Waals surface area contributed by atoms with Gasteiger partial charge in [0.1, 0.15) is 5.60 Å². The molecular formula is C21H27NO. The first-order chi connectivity index (χ1) is 11.3. The molecule has 0 bridgehead atoms. The maximum absolute atomic E-state index is 11.9. The Morgan fingerprint density at radius 3 is 2.09 bits per heavy atom. The Labute approximate surface area is 139 Å². The molecule has 1 aliphatic heterocycles. The zero-order valence-corrected chi connectivity index (χ0v) is 14.0. The zero-order valence-electron chi connectivity index (χ0n) is 14.0. The maximum atomic E-state index is 11.9. The highest BCUT2D eigenvalue weighted by Gasteiger charge is 2.44. The summed E-state index contributed by atoms with van der Waals surface area (Å²) in [5.74, 6) is 0. The second-order valence-corrected chi connectivity index (χ2v) is 6.55. The standard InChI is InChI=1S/C21H27NO/c1-2-3-16-22-17-10-15-20(22)21(23,18-11-6-4-7-12-18)19-13-8-5-9-14-19/h4-9,11-14,20,23H,2-3,10,15-17H2,1H3. The van der Waals surface area contributed by atoms with Crippen LogP contribution in [0.2, 0.25) is 0 Å². The van der Waals surface area contributed by atoms with Crippen LogP contribution in [0.25, 0.3) is 0 Å². The molecule has 0 saturated carbocycles. The van der Waals surface area contributed by atoms with Gasteiger partial charge in [0.15, 0.2) is 0 Å². The van der Waals surface area contributed by atoms with Crippen molar-refractivity contribution in [3.8, 4) is 0 Å². The van der Waals surface area contributed by atoms with Gasteiger partial charge in [-0.15, -0.1) is 0 Å². The predicted molar refractivity (Wildman–Crippen MR) is 95.4 cm³/mol. The summed E-state index contributed by atoms with van der Waals surface area (Å²) in [6.07, 6.45) is 4.59. The molecule has 1 saturated heterocycles. The third kappa shape index (κ3) is 3.19. The predicted octanol–water partition coefficient (Wildman–Crippen LogP) is 4.19. The van der Waals surface area contributed by atoms with E-state index < -0.39 is 5.60 Å². The van der Waals surface area contributed by atoms with E-state index in [4.69, 9.17) is 0 Å². The van der Waals surface area contributed by atoms with Crippen LogP contribution in [0.5, 0.6) is 0 Å². The summed E-state index contributed by atoms with van der Waals surface area (Å²) in [6, 6.07) is 20.5. The van der Waals surface area contributed by atoms with Gasteiger partial charge in [0, 0.05) is 6.04 Å². The molecule has 122 valence electrons. The van der Waals surface area contributed by atoms with E-state index in [1.165, 1.54) is 12.8 Å². The number of hydrogen-bond acceptors (Lipinski definition) is 2. The van der Waals surface area contributed by atoms with Gasteiger partial charge in [0.2, 0.25) is 0 Å². The Hall–Kier alpha value is -1.64. The minimum Gasteiger partial charge on any atom is -0.379 e. The van der Waals surface area contributed by atoms with E-state index >= 15 is 0 Å². The lowest BCUT2D eigenvalue weighted by atomic mass is 9.79. The molecule has 2 nitrogen and oxygen atoms in total. The molecule has 1 heterocycles. The molecule has 0 amide bonds. The summed E-state index contributed by atoms with van der Waals surface area (Å²) in [5.41, 5.74) is 1.06. The molecule has 1 fully saturated rings. The largest absolute Gasteiger partial charge is 0.379 e. The molecular weight excluding hydrogens is 282 g/mol. The first kappa shape index (κ1) is 16.2. The number of unbranched alkanes of at least 4 members (excludes halogenated alkanes) is 1. The molecule has 3 rings (SSSR count). The Kier molecular flexibility index (Phi) is 5.14. The van der Waals surface area contributed by atoms with Crippen LogP contribution in [0.4, 0.5) is 0 Å². The van der Waals surface area contributed by atoms with Crippen molar-refractivity contribution in [2.75, 3.05) is 13.1 Å². The van der Waals surface area contributed by atoms with Crippen molar-refractivity contribution in [3.05, 3.63) is 71.8 Å². The van der Waals surface area contributed by atoms with Gasteiger partial charge in [-0.25, -0.2) is 0 Å². The average Bonchev–Trinajstić information content (AvgIpc) is 3.10. The SMILES string of the molecule is CCCCN1CCCC1C(O)(c1ccccc1)c1ccccc1. The van der Waals surface area contributed by atoms with Gasteiger partial charge < -0.3 is 5.11 Å². The molecule has 1 atom stereocenters. The normalized spacial score (nSPS) is 19.1. The van der Waals surface area contributed by atoms with Crippen molar-refractivity contribution in [1.29, 1.82) is 0 Å². The van der Waals surface area contributed by atoms with Crippen LogP contribution >= 0.6 is 0 Å². The molecule has 0 spiro atoms. The fourth-order valence-corrected chi connectivity index (χ4v) is 3.86. The number of benzene rings is 2. The number of aliphatic hydroxyl groups is 1. The monoisotopic (exact) mass is 309 g/mol. The Morgan fingerprint density at radius 1 is 1.00 bits per heavy atom. The van der Waals surface area contributed by atoms with Crippen molar-refractivity contribution < 1.29 is 5.11 Å². The molecule has 1 aliphatic rings. The van der Waals surface area contributed by atoms with Gasteiger partial charge in [-0.05, 0) is 43.5 Å². The number of rotatable bonds is 6. The summed E-state index contributed by atoms with van der Waals surface area (Å²) < 4.78 is 0. The summed E-state index contributed by atoms with van der Waals surface area (Å²) in [5, 5.41) is 11.9. The second-order valence-electron chi connectivity index (χ2n) is 6.55. The third-order valence-corrected chi connectivity index (χ3v) is 5.07. The van der Waals surface area contributed by atoms with Gasteiger partial charge in [-0.2, -0.15) is 0 Å². The highest BCUT2D eigenvalue weighted by atomic mass is 16.3. The lowest BCUT2D eigenvalue weighted by molar-refractivity contribution is -0.00412. The van der Waals surface area contributed by atoms with E-state index in [1.807, 2.05) is 36.4 Å². The first-order valence-electron chi connectivity index (χ1n) is 8.84. The highest BCUT2D eigenvalue weighted by Crippen LogP contribution is 2.40. The molecule has 2 aromatic rings. The van der Waals surface area contributed by atoms with Crippen LogP contribution in [0.1, 0.15) is 43.7 Å². The fourth-order valence-electron chi connectivity index (χ4n) is 3.86. The smallest absolute Gasteiger partial charge is 0.130 e. The molecule has 0 radical (unpaired) electrons. The molecule has 0 aromatic heterocycles. The van der Waals surface area contributed by atoms with Gasteiger partial charge in [-0.1, -0.05) is 74.0 Å². The first-order valence-corrected chi connectivity index (χ1v) is 8.84. The zero-order chi connectivity index (χ0) is 16.1. The molecule has 23 heavy (non-hydrogen) atoms. The van der Waals surface area contributed by atoms with Gasteiger partial charge in [0.05, 0.1) is 0 Å². The van der Waals surface area contributed by atoms with Crippen LogP contribution < -0.4 is 0 Å². The van der Waals surface area contributed by atoms with Crippen LogP contribution in [0.15, 0.2) is 60.7 Å². The number of nitrogens with zero attached hydrogens (tertiary/aromatic N) is 1. The van der Waals surface area contributed by atoms with Crippen molar-refractivity contribution in [2.45, 2.75) is 44.2 Å². The lowest BCUT2D eigenvalue weighted by Crippen LogP contribution is -2.48. The topological polar surface area (TPSA) is 23.5 Å². The number of likely N-dealkylation sites (tertiary alicyclic amines) is 1. The van der Waals surface area contributed by atoms with Crippen LogP contribution in [-0.2, 0) is 5.60 Å². The van der Waals surface area contributed by atoms with Crippen LogP contribution in [-0.4, -0.2) is 29.1 Å². The average molecular weight is 309 g/mol. The van der Waals surface area contributed by atoms with E-state index in [9.17, 15) is 5.11 Å². The molecule has 1 N–H and O–H groups in total. The highest BCUT2D eigenvalue weighted by molar-refractivity contribution is 5.38. The van der Waals surface area contributed by atoms with Crippen LogP contribution in [0, 0.1) is 0 Å². The van der Waals surface area contributed by atoms with E-state index in [0.29, 0.717) is 0 Å². The summed E-state index contributed by atoms with van der Waals surface area (Å²) >= 11 is 0. The minimum absolute atomic E-state index is 0.152. The third-order valence-electron chi connectivity index (χ3n) is 5.07. The van der Waals surface area contributed by atoms with Crippen molar-refractivity contribution in [1.82, 2.24) is 4.90 Å². The maximum Gasteiger partial charge on any atom is 0.130 e. The summed E-state index contributed by atoms with van der Waals surface area (Å²) in [6.45, 7) is 4.39. The van der Waals surface area contributed by atoms with E-state index in [2.05, 4.69) is 36.1 Å². The van der Waals surface area contributed by atoms with E-state index in [1.54, 1.807) is 0 Å². The van der Waals surface area contributed by atoms with E-state index in [-0.39, 0.29) is 6.04 Å². The fraction of sp³-hybridized carbons (Fsp3) is 0.429. The van der Waals surface area contributed by atoms with E-state index in [0.717, 1.165) is 37.1 Å². The molecule has 2 aromatic carbocycles. The lowest BCUT2D eigenvalue weighted by Gasteiger charge is -2.40. The molecule has 2 heteroatoms. The summed E-state index contributed by atoms with van der Waals surface area (Å²) in [4.78, 5) is 2.49. The van der Waals surface area contributed by atoms with Gasteiger partial charge in [-0.3, -0.25) is 4.90 Å². The van der Waals surface area contributed by atoms with Crippen molar-refractivity contribution >= 4 is 0 Å². The van der Waals surface area contributed by atoms with Crippen molar-refractivity contribution in [2.24, 2.45) is 0 Å². The molecule has 1 unspecified atom stereocenters. The quantitative estimate of drug-likeness (QED) is 0.865. The van der Waals surface area contributed by atoms with Gasteiger partial charge >= 0.3 is 0 Å². The Morgan fingerprint density at radius 2 is 1.57 bits per heavy atom. The Bertz CT molecular complexity index is 556. The summed E-state index contributed by atoms with van der Waals surface area (Å²) in [7, 11) is 0. The Balaban J connectivity index is 2.02. The molecule has 0 aliphatic carbocycles. The second kappa shape index (κ2) is 7.29. The van der Waals surface area contributed by atoms with Crippen molar-refractivity contribution in [3.63, 3.8) is 0 Å². The van der Waals surface area contributed by atoms with Crippen LogP contribution in [0.3, 0.4) is 0 Å². The minimum atomic E-state index is -0.938. The van der Waals surface area contributed by atoms with Gasteiger partial charge in [0.25, 0.3) is 0 Å².